The number of hydrogen-bond donors (Lipinski definition) is 2. The summed E-state index contributed by atoms with van der Waals surface area (Å²) < 4.78 is 0. The number of fused-ring (bicyclic) bond motifs is 1. The normalized spacial score (nSPS) is 18.2. The van der Waals surface area contributed by atoms with E-state index >= 15 is 0 Å². The predicted octanol–water partition coefficient (Wildman–Crippen LogP) is 0.848. The van der Waals surface area contributed by atoms with Crippen LogP contribution in [0.4, 0.5) is 17.1 Å². The molecule has 0 aromatic heterocycles. The molecule has 1 heterocycles. The van der Waals surface area contributed by atoms with Crippen LogP contribution in [0.3, 0.4) is 0 Å². The molecule has 22 heavy (non-hydrogen) atoms. The van der Waals surface area contributed by atoms with E-state index in [0.29, 0.717) is 6.54 Å². The van der Waals surface area contributed by atoms with Gasteiger partial charge in [0.25, 0.3) is 10.9 Å². The minimum absolute atomic E-state index is 0.0434. The Morgan fingerprint density at radius 3 is 2.50 bits per heavy atom. The van der Waals surface area contributed by atoms with Crippen molar-refractivity contribution in [2.45, 2.75) is 26.4 Å². The van der Waals surface area contributed by atoms with Crippen LogP contribution in [0.2, 0.25) is 0 Å². The summed E-state index contributed by atoms with van der Waals surface area (Å²) in [4.78, 5) is 37.6. The second kappa shape index (κ2) is 4.98. The van der Waals surface area contributed by atoms with Gasteiger partial charge in [-0.05, 0) is 17.5 Å². The Morgan fingerprint density at radius 1 is 1.18 bits per heavy atom. The molecule has 0 bridgehead atoms. The first kappa shape index (κ1) is 14.3. The average Bonchev–Trinajstić information content (AvgIpc) is 2.62. The number of nitrogens with zero attached hydrogens (tertiary/aromatic N) is 1. The first-order valence-electron chi connectivity index (χ1n) is 7.16. The molecule has 1 atom stereocenters. The monoisotopic (exact) mass is 299 g/mol. The van der Waals surface area contributed by atoms with E-state index in [0.717, 1.165) is 11.3 Å². The molecule has 6 heteroatoms. The van der Waals surface area contributed by atoms with Crippen molar-refractivity contribution in [1.29, 1.82) is 0 Å². The molecule has 0 saturated carbocycles. The summed E-state index contributed by atoms with van der Waals surface area (Å²) in [5.74, 6) is -0.245. The molecule has 6 nitrogen and oxygen atoms in total. The zero-order chi connectivity index (χ0) is 16.0. The van der Waals surface area contributed by atoms with Crippen molar-refractivity contribution in [2.24, 2.45) is 5.92 Å². The van der Waals surface area contributed by atoms with Crippen molar-refractivity contribution in [3.8, 4) is 0 Å². The van der Waals surface area contributed by atoms with Gasteiger partial charge in [-0.3, -0.25) is 14.4 Å². The number of para-hydroxylation sites is 1. The second-order valence-corrected chi connectivity index (χ2v) is 5.88. The molecule has 0 fully saturated rings. The van der Waals surface area contributed by atoms with Crippen LogP contribution in [0.25, 0.3) is 0 Å². The van der Waals surface area contributed by atoms with Crippen LogP contribution in [0.1, 0.15) is 19.4 Å². The molecule has 0 radical (unpaired) electrons. The topological polar surface area (TPSA) is 92.5 Å². The summed E-state index contributed by atoms with van der Waals surface area (Å²) in [5.41, 5.74) is 6.13. The number of rotatable bonds is 2. The highest BCUT2D eigenvalue weighted by Gasteiger charge is 2.37. The number of carbonyl (C=O) groups is 1. The zero-order valence-corrected chi connectivity index (χ0v) is 12.4. The van der Waals surface area contributed by atoms with Crippen LogP contribution < -0.4 is 26.8 Å². The van der Waals surface area contributed by atoms with Crippen LogP contribution >= 0.6 is 0 Å². The van der Waals surface area contributed by atoms with Gasteiger partial charge in [0.15, 0.2) is 0 Å². The van der Waals surface area contributed by atoms with E-state index in [1.165, 1.54) is 0 Å². The lowest BCUT2D eigenvalue weighted by Crippen LogP contribution is -2.51. The van der Waals surface area contributed by atoms with Crippen molar-refractivity contribution < 1.29 is 4.79 Å². The van der Waals surface area contributed by atoms with Crippen LogP contribution in [0, 0.1) is 5.92 Å². The standard InChI is InChI=1S/C16H17N3O3/c1-8(2)12-16(22)18-10-6-4-3-5-9(10)7-19(12)13-11(17)14(20)15(13)21/h3-6,8,12H,7,17H2,1-2H3,(H,18,22)/t12-/m0/s1. The largest absolute Gasteiger partial charge is 0.394 e. The maximum absolute atomic E-state index is 12.6. The lowest BCUT2D eigenvalue weighted by molar-refractivity contribution is -0.118. The Bertz CT molecular complexity index is 818. The van der Waals surface area contributed by atoms with Gasteiger partial charge in [0.1, 0.15) is 17.4 Å². The molecule has 3 N–H and O–H groups in total. The van der Waals surface area contributed by atoms with Crippen molar-refractivity contribution in [2.75, 3.05) is 16.0 Å². The van der Waals surface area contributed by atoms with Crippen LogP contribution in [-0.2, 0) is 11.3 Å². The summed E-state index contributed by atoms with van der Waals surface area (Å²) in [5, 5.41) is 2.89. The van der Waals surface area contributed by atoms with Gasteiger partial charge in [0, 0.05) is 12.2 Å². The van der Waals surface area contributed by atoms with E-state index in [1.807, 2.05) is 38.1 Å². The summed E-state index contributed by atoms with van der Waals surface area (Å²) in [6.45, 7) is 4.15. The Labute approximate surface area is 127 Å². The van der Waals surface area contributed by atoms with Gasteiger partial charge in [-0.2, -0.15) is 0 Å². The first-order valence-corrected chi connectivity index (χ1v) is 7.16. The molecule has 2 aromatic rings. The minimum Gasteiger partial charge on any atom is -0.394 e. The van der Waals surface area contributed by atoms with E-state index in [1.54, 1.807) is 4.90 Å². The van der Waals surface area contributed by atoms with Crippen LogP contribution in [0.5, 0.6) is 0 Å². The van der Waals surface area contributed by atoms with Gasteiger partial charge in [0.2, 0.25) is 5.91 Å². The molecule has 2 aromatic carbocycles. The number of nitrogens with one attached hydrogen (secondary N) is 1. The zero-order valence-electron chi connectivity index (χ0n) is 12.4. The fourth-order valence-corrected chi connectivity index (χ4v) is 2.97. The predicted molar refractivity (Wildman–Crippen MR) is 85.6 cm³/mol. The smallest absolute Gasteiger partial charge is 0.253 e. The van der Waals surface area contributed by atoms with Gasteiger partial charge >= 0.3 is 0 Å². The Morgan fingerprint density at radius 2 is 1.86 bits per heavy atom. The van der Waals surface area contributed by atoms with Gasteiger partial charge in [-0.1, -0.05) is 32.0 Å². The van der Waals surface area contributed by atoms with E-state index in [9.17, 15) is 14.4 Å². The highest BCUT2D eigenvalue weighted by molar-refractivity contribution is 5.99. The Hall–Kier alpha value is -2.63. The highest BCUT2D eigenvalue weighted by Crippen LogP contribution is 2.31. The molecule has 0 aliphatic carbocycles. The van der Waals surface area contributed by atoms with Crippen molar-refractivity contribution in [3.05, 3.63) is 50.3 Å². The average molecular weight is 299 g/mol. The van der Waals surface area contributed by atoms with Gasteiger partial charge in [-0.15, -0.1) is 0 Å². The number of anilines is 3. The van der Waals surface area contributed by atoms with E-state index < -0.39 is 16.9 Å². The third-order valence-corrected chi connectivity index (χ3v) is 4.06. The fraction of sp³-hybridized carbons (Fsp3) is 0.312. The Balaban J connectivity index is 2.14. The molecule has 114 valence electrons. The quantitative estimate of drug-likeness (QED) is 0.802. The van der Waals surface area contributed by atoms with Gasteiger partial charge in [-0.25, -0.2) is 0 Å². The van der Waals surface area contributed by atoms with Gasteiger partial charge < -0.3 is 16.0 Å². The third kappa shape index (κ3) is 1.99. The summed E-state index contributed by atoms with van der Waals surface area (Å²) >= 11 is 0. The first-order chi connectivity index (χ1) is 10.4. The lowest BCUT2D eigenvalue weighted by atomic mass is 9.99. The lowest BCUT2D eigenvalue weighted by Gasteiger charge is -2.33. The second-order valence-electron chi connectivity index (χ2n) is 5.88. The van der Waals surface area contributed by atoms with E-state index in [4.69, 9.17) is 5.73 Å². The maximum atomic E-state index is 12.6. The molecule has 3 rings (SSSR count). The van der Waals surface area contributed by atoms with Crippen molar-refractivity contribution >= 4 is 23.0 Å². The van der Waals surface area contributed by atoms with Crippen molar-refractivity contribution in [1.82, 2.24) is 0 Å². The van der Waals surface area contributed by atoms with Crippen molar-refractivity contribution in [3.63, 3.8) is 0 Å². The summed E-state index contributed by atoms with van der Waals surface area (Å²) in [6, 6.07) is 6.85. The highest BCUT2D eigenvalue weighted by atomic mass is 16.2. The van der Waals surface area contributed by atoms with Gasteiger partial charge in [0.05, 0.1) is 0 Å². The summed E-state index contributed by atoms with van der Waals surface area (Å²) in [7, 11) is 0. The molecular formula is C16H17N3O3. The molecule has 1 amide bonds. The number of carbonyl (C=O) groups excluding carboxylic acids is 1. The van der Waals surface area contributed by atoms with E-state index in [-0.39, 0.29) is 23.2 Å². The summed E-state index contributed by atoms with van der Waals surface area (Å²) in [6.07, 6.45) is 0. The molecule has 0 unspecified atom stereocenters. The molecular weight excluding hydrogens is 282 g/mol. The number of nitrogens with two attached hydrogens (primary N) is 1. The fourth-order valence-electron chi connectivity index (χ4n) is 2.97. The third-order valence-electron chi connectivity index (χ3n) is 4.06. The minimum atomic E-state index is -0.671. The van der Waals surface area contributed by atoms with Crippen LogP contribution in [0.15, 0.2) is 33.9 Å². The molecule has 0 spiro atoms. The maximum Gasteiger partial charge on any atom is 0.253 e. The molecule has 0 saturated heterocycles. The molecule has 1 aliphatic heterocycles. The number of amides is 1. The number of benzene rings is 1. The number of nitrogen functional groups attached to an aromatic ring is 1. The van der Waals surface area contributed by atoms with Crippen LogP contribution in [-0.4, -0.2) is 11.9 Å². The Kier molecular flexibility index (Phi) is 3.24. The van der Waals surface area contributed by atoms with E-state index in [2.05, 4.69) is 5.32 Å². The SMILES string of the molecule is CC(C)[C@H]1C(=O)Nc2ccccc2CN1c1c(N)c(=O)c1=O. The number of hydrogen-bond acceptors (Lipinski definition) is 5. The molecule has 1 aliphatic rings.